The number of H-pyrrole nitrogens is 1. The van der Waals surface area contributed by atoms with E-state index in [1.165, 1.54) is 19.4 Å². The van der Waals surface area contributed by atoms with Crippen molar-refractivity contribution in [1.29, 1.82) is 0 Å². The molecule has 1 aromatic heterocycles. The molecular formula is C18H19ClF2N6O2. The second kappa shape index (κ2) is 9.10. The molecule has 3 N–H and O–H groups in total. The van der Waals surface area contributed by atoms with E-state index in [1.54, 1.807) is 23.1 Å². The van der Waals surface area contributed by atoms with Crippen LogP contribution in [0.25, 0.3) is 0 Å². The summed E-state index contributed by atoms with van der Waals surface area (Å²) in [7, 11) is 1.49. The molecule has 1 aliphatic rings. The maximum absolute atomic E-state index is 13.2. The fourth-order valence-electron chi connectivity index (χ4n) is 3.12. The van der Waals surface area contributed by atoms with Crippen molar-refractivity contribution >= 4 is 28.7 Å². The molecule has 0 amide bonds. The normalized spacial score (nSPS) is 20.0. The van der Waals surface area contributed by atoms with Gasteiger partial charge in [-0.2, -0.15) is 10.2 Å². The summed E-state index contributed by atoms with van der Waals surface area (Å²) in [6, 6.07) is 6.21. The number of nitrogens with one attached hydrogen (secondary N) is 1. The molecule has 2 heterocycles. The monoisotopic (exact) mass is 424 g/mol. The molecule has 11 heteroatoms. The molecule has 0 unspecified atom stereocenters. The summed E-state index contributed by atoms with van der Waals surface area (Å²) in [5.41, 5.74) is 1.08. The smallest absolute Gasteiger partial charge is 0.285 e. The minimum absolute atomic E-state index is 0.0162. The standard InChI is InChI=1S/C18H19ClF2N6O2/c1-29-14-9-27(13-7-24-26-18(28)15(13)19)8-12(25-22)16(14)23-6-10-4-2-3-5-11(10)17(20)21/h2-5,7,14,17H,6,8-9,22H2,1H3,(H,26,28)/b23-16?,25-12-/t14-/m1/s1. The van der Waals surface area contributed by atoms with Crippen LogP contribution in [0.15, 0.2) is 45.4 Å². The van der Waals surface area contributed by atoms with Gasteiger partial charge < -0.3 is 15.5 Å². The summed E-state index contributed by atoms with van der Waals surface area (Å²) >= 11 is 6.09. The highest BCUT2D eigenvalue weighted by Gasteiger charge is 2.32. The van der Waals surface area contributed by atoms with Gasteiger partial charge in [0.1, 0.15) is 16.8 Å². The van der Waals surface area contributed by atoms with Crippen LogP contribution in [0, 0.1) is 0 Å². The van der Waals surface area contributed by atoms with E-state index in [0.717, 1.165) is 0 Å². The quantitative estimate of drug-likeness (QED) is 0.564. The van der Waals surface area contributed by atoms with E-state index < -0.39 is 18.1 Å². The van der Waals surface area contributed by atoms with Crippen LogP contribution >= 0.6 is 11.6 Å². The number of alkyl halides is 2. The molecule has 0 spiro atoms. The second-order valence-electron chi connectivity index (χ2n) is 6.28. The zero-order chi connectivity index (χ0) is 21.0. The molecular weight excluding hydrogens is 406 g/mol. The Kier molecular flexibility index (Phi) is 6.55. The van der Waals surface area contributed by atoms with Crippen LogP contribution in [-0.4, -0.2) is 47.9 Å². The van der Waals surface area contributed by atoms with E-state index in [4.69, 9.17) is 22.2 Å². The van der Waals surface area contributed by atoms with Crippen LogP contribution in [-0.2, 0) is 11.3 Å². The fraction of sp³-hybridized carbons (Fsp3) is 0.333. The lowest BCUT2D eigenvalue weighted by Gasteiger charge is -2.35. The van der Waals surface area contributed by atoms with Gasteiger partial charge >= 0.3 is 0 Å². The predicted molar refractivity (Wildman–Crippen MR) is 107 cm³/mol. The number of piperidine rings is 1. The molecule has 8 nitrogen and oxygen atoms in total. The van der Waals surface area contributed by atoms with E-state index in [0.29, 0.717) is 29.2 Å². The zero-order valence-electron chi connectivity index (χ0n) is 15.5. The predicted octanol–water partition coefficient (Wildman–Crippen LogP) is 2.15. The Morgan fingerprint density at radius 1 is 1.45 bits per heavy atom. The lowest BCUT2D eigenvalue weighted by molar-refractivity contribution is 0.150. The lowest BCUT2D eigenvalue weighted by Crippen LogP contribution is -2.52. The summed E-state index contributed by atoms with van der Waals surface area (Å²) in [6.45, 7) is 0.536. The number of hydrogen-bond donors (Lipinski definition) is 2. The Bertz CT molecular complexity index is 994. The molecule has 1 saturated heterocycles. The van der Waals surface area contributed by atoms with Gasteiger partial charge in [-0.1, -0.05) is 35.9 Å². The first kappa shape index (κ1) is 20.9. The fourth-order valence-corrected chi connectivity index (χ4v) is 3.34. The number of nitrogens with zero attached hydrogens (tertiary/aromatic N) is 4. The van der Waals surface area contributed by atoms with Gasteiger partial charge in [-0.3, -0.25) is 9.79 Å². The topological polar surface area (TPSA) is 109 Å². The van der Waals surface area contributed by atoms with Crippen LogP contribution in [0.2, 0.25) is 5.02 Å². The number of aliphatic imine (C=N–C) groups is 1. The number of ether oxygens (including phenoxy) is 1. The van der Waals surface area contributed by atoms with Gasteiger partial charge in [0.25, 0.3) is 12.0 Å². The van der Waals surface area contributed by atoms with Crippen LogP contribution in [0.3, 0.4) is 0 Å². The van der Waals surface area contributed by atoms with E-state index in [2.05, 4.69) is 20.3 Å². The molecule has 29 heavy (non-hydrogen) atoms. The number of rotatable bonds is 5. The van der Waals surface area contributed by atoms with Crippen LogP contribution in [0.5, 0.6) is 0 Å². The lowest BCUT2D eigenvalue weighted by atomic mass is 10.0. The first-order valence-corrected chi connectivity index (χ1v) is 9.02. The van der Waals surface area contributed by atoms with Crippen molar-refractivity contribution in [3.63, 3.8) is 0 Å². The van der Waals surface area contributed by atoms with Gasteiger partial charge in [0.2, 0.25) is 0 Å². The number of hydrogen-bond acceptors (Lipinski definition) is 7. The maximum Gasteiger partial charge on any atom is 0.285 e. The van der Waals surface area contributed by atoms with Crippen LogP contribution in [0.1, 0.15) is 17.6 Å². The van der Waals surface area contributed by atoms with Gasteiger partial charge in [-0.25, -0.2) is 13.9 Å². The summed E-state index contributed by atoms with van der Waals surface area (Å²) in [5.74, 6) is 5.55. The van der Waals surface area contributed by atoms with E-state index >= 15 is 0 Å². The molecule has 0 bridgehead atoms. The van der Waals surface area contributed by atoms with E-state index in [1.807, 2.05) is 0 Å². The molecule has 1 fully saturated rings. The van der Waals surface area contributed by atoms with E-state index in [9.17, 15) is 13.6 Å². The highest BCUT2D eigenvalue weighted by atomic mass is 35.5. The van der Waals surface area contributed by atoms with Gasteiger partial charge in [-0.05, 0) is 5.56 Å². The van der Waals surface area contributed by atoms with Crippen molar-refractivity contribution in [3.05, 3.63) is 57.0 Å². The average molecular weight is 425 g/mol. The summed E-state index contributed by atoms with van der Waals surface area (Å²) in [4.78, 5) is 18.0. The average Bonchev–Trinajstić information content (AvgIpc) is 2.73. The third-order valence-corrected chi connectivity index (χ3v) is 4.96. The van der Waals surface area contributed by atoms with Crippen LogP contribution < -0.4 is 16.3 Å². The number of methoxy groups -OCH3 is 1. The minimum Gasteiger partial charge on any atom is -0.373 e. The van der Waals surface area contributed by atoms with Crippen molar-refractivity contribution in [1.82, 2.24) is 10.2 Å². The minimum atomic E-state index is -2.60. The summed E-state index contributed by atoms with van der Waals surface area (Å²) < 4.78 is 32.0. The third-order valence-electron chi connectivity index (χ3n) is 4.60. The van der Waals surface area contributed by atoms with Crippen molar-refractivity contribution in [2.24, 2.45) is 15.9 Å². The molecule has 1 atom stereocenters. The summed E-state index contributed by atoms with van der Waals surface area (Å²) in [5, 5.41) is 9.80. The number of aromatic nitrogens is 2. The summed E-state index contributed by atoms with van der Waals surface area (Å²) in [6.07, 6.45) is -1.73. The first-order chi connectivity index (χ1) is 14.0. The Morgan fingerprint density at radius 2 is 2.21 bits per heavy atom. The van der Waals surface area contributed by atoms with Crippen molar-refractivity contribution in [3.8, 4) is 0 Å². The van der Waals surface area contributed by atoms with Crippen molar-refractivity contribution < 1.29 is 13.5 Å². The Labute approximate surface area is 170 Å². The van der Waals surface area contributed by atoms with Crippen LogP contribution in [0.4, 0.5) is 14.5 Å². The van der Waals surface area contributed by atoms with Crippen molar-refractivity contribution in [2.45, 2.75) is 19.1 Å². The second-order valence-corrected chi connectivity index (χ2v) is 6.66. The number of nitrogens with two attached hydrogens (primary N) is 1. The molecule has 0 aliphatic carbocycles. The molecule has 0 saturated carbocycles. The molecule has 2 aromatic rings. The first-order valence-electron chi connectivity index (χ1n) is 8.64. The van der Waals surface area contributed by atoms with Gasteiger partial charge in [0.15, 0.2) is 0 Å². The van der Waals surface area contributed by atoms with Gasteiger partial charge in [0, 0.05) is 12.7 Å². The molecule has 154 valence electrons. The Hall–Kier alpha value is -2.85. The number of aromatic amines is 1. The molecule has 0 radical (unpaired) electrons. The largest absolute Gasteiger partial charge is 0.373 e. The number of halogens is 3. The Morgan fingerprint density at radius 3 is 2.90 bits per heavy atom. The third kappa shape index (κ3) is 4.43. The van der Waals surface area contributed by atoms with E-state index in [-0.39, 0.29) is 23.7 Å². The van der Waals surface area contributed by atoms with Gasteiger partial charge in [-0.15, -0.1) is 0 Å². The molecule has 1 aromatic carbocycles. The molecule has 1 aliphatic heterocycles. The maximum atomic E-state index is 13.2. The number of hydrazone groups is 1. The number of benzene rings is 1. The SMILES string of the molecule is CO[C@@H]1CN(c2cn[nH]c(=O)c2Cl)C/C(=N/N)C1=NCc1ccccc1C(F)F. The highest BCUT2D eigenvalue weighted by Crippen LogP contribution is 2.25. The van der Waals surface area contributed by atoms with Gasteiger partial charge in [0.05, 0.1) is 37.2 Å². The Balaban J connectivity index is 1.90. The highest BCUT2D eigenvalue weighted by molar-refractivity contribution is 6.46. The van der Waals surface area contributed by atoms with Crippen molar-refractivity contribution in [2.75, 3.05) is 25.1 Å². The zero-order valence-corrected chi connectivity index (χ0v) is 16.2. The molecule has 3 rings (SSSR count). The number of anilines is 1.